The topological polar surface area (TPSA) is 56.5 Å². The van der Waals surface area contributed by atoms with Crippen LogP contribution < -0.4 is 4.74 Å². The molecule has 5 heteroatoms. The summed E-state index contributed by atoms with van der Waals surface area (Å²) in [6, 6.07) is 1.76. The van der Waals surface area contributed by atoms with E-state index in [-0.39, 0.29) is 6.10 Å². The highest BCUT2D eigenvalue weighted by molar-refractivity contribution is 5.08. The first kappa shape index (κ1) is 8.52. The zero-order valence-electron chi connectivity index (χ0n) is 7.38. The van der Waals surface area contributed by atoms with Crippen molar-refractivity contribution in [3.8, 4) is 5.88 Å². The molecule has 5 nitrogen and oxygen atoms in total. The molecule has 13 heavy (non-hydrogen) atoms. The molecule has 0 radical (unpaired) electrons. The van der Waals surface area contributed by atoms with Crippen molar-refractivity contribution in [1.82, 2.24) is 9.78 Å². The Morgan fingerprint density at radius 2 is 2.54 bits per heavy atom. The molecule has 0 amide bonds. The molecule has 0 spiro atoms. The Balaban J connectivity index is 2.01. The van der Waals surface area contributed by atoms with Gasteiger partial charge in [-0.05, 0) is 0 Å². The monoisotopic (exact) mass is 184 g/mol. The largest absolute Gasteiger partial charge is 0.469 e. The minimum Gasteiger partial charge on any atom is -0.469 e. The Labute approximate surface area is 75.9 Å². The molecule has 2 atom stereocenters. The van der Waals surface area contributed by atoms with E-state index in [1.807, 2.05) is 0 Å². The average Bonchev–Trinajstić information content (AvgIpc) is 2.65. The van der Waals surface area contributed by atoms with Crippen LogP contribution in [-0.2, 0) is 11.8 Å². The van der Waals surface area contributed by atoms with Crippen molar-refractivity contribution in [2.45, 2.75) is 12.2 Å². The molecule has 72 valence electrons. The van der Waals surface area contributed by atoms with Crippen LogP contribution in [0, 0.1) is 0 Å². The Kier molecular flexibility index (Phi) is 2.20. The number of aliphatic hydroxyl groups excluding tert-OH is 1. The van der Waals surface area contributed by atoms with Crippen molar-refractivity contribution >= 4 is 0 Å². The number of aryl methyl sites for hydroxylation is 1. The van der Waals surface area contributed by atoms with E-state index in [1.165, 1.54) is 0 Å². The van der Waals surface area contributed by atoms with Crippen LogP contribution in [0.25, 0.3) is 0 Å². The van der Waals surface area contributed by atoms with Gasteiger partial charge in [-0.25, -0.2) is 4.68 Å². The van der Waals surface area contributed by atoms with Gasteiger partial charge in [-0.2, -0.15) is 5.10 Å². The maximum atomic E-state index is 9.40. The number of hydrogen-bond donors (Lipinski definition) is 1. The van der Waals surface area contributed by atoms with E-state index in [2.05, 4.69) is 5.10 Å². The third kappa shape index (κ3) is 1.66. The number of rotatable bonds is 2. The first-order valence-corrected chi connectivity index (χ1v) is 4.18. The number of nitrogens with zero attached hydrogens (tertiary/aromatic N) is 2. The van der Waals surface area contributed by atoms with Gasteiger partial charge in [-0.3, -0.25) is 0 Å². The predicted octanol–water partition coefficient (Wildman–Crippen LogP) is -0.441. The van der Waals surface area contributed by atoms with E-state index < -0.39 is 6.10 Å². The smallest absolute Gasteiger partial charge is 0.211 e. The molecule has 0 aromatic carbocycles. The summed E-state index contributed by atoms with van der Waals surface area (Å²) in [5.41, 5.74) is 0. The second-order valence-corrected chi connectivity index (χ2v) is 3.05. The number of hydrogen-bond acceptors (Lipinski definition) is 4. The molecule has 1 N–H and O–H groups in total. The van der Waals surface area contributed by atoms with E-state index in [1.54, 1.807) is 24.0 Å². The minimum atomic E-state index is -0.533. The lowest BCUT2D eigenvalue weighted by Gasteiger charge is -2.14. The Morgan fingerprint density at radius 3 is 3.08 bits per heavy atom. The van der Waals surface area contributed by atoms with Gasteiger partial charge in [-0.1, -0.05) is 0 Å². The minimum absolute atomic E-state index is 0.268. The standard InChI is InChI=1S/C8H12N2O3/c1-10-8(2-3-9-10)13-7-5-12-4-6(7)11/h2-3,6-7,11H,4-5H2,1H3/t6-,7-/m0/s1. The van der Waals surface area contributed by atoms with E-state index in [0.717, 1.165) is 0 Å². The molecule has 1 fully saturated rings. The van der Waals surface area contributed by atoms with Crippen molar-refractivity contribution in [3.05, 3.63) is 12.3 Å². The van der Waals surface area contributed by atoms with Gasteiger partial charge in [0.1, 0.15) is 6.10 Å². The Bertz CT molecular complexity index is 287. The van der Waals surface area contributed by atoms with Gasteiger partial charge < -0.3 is 14.6 Å². The van der Waals surface area contributed by atoms with Crippen molar-refractivity contribution in [3.63, 3.8) is 0 Å². The quantitative estimate of drug-likeness (QED) is 0.677. The summed E-state index contributed by atoms with van der Waals surface area (Å²) in [4.78, 5) is 0. The van der Waals surface area contributed by atoms with Gasteiger partial charge in [0.05, 0.1) is 19.4 Å². The predicted molar refractivity (Wildman–Crippen MR) is 44.4 cm³/mol. The van der Waals surface area contributed by atoms with E-state index in [4.69, 9.17) is 9.47 Å². The fourth-order valence-electron chi connectivity index (χ4n) is 1.27. The van der Waals surface area contributed by atoms with Gasteiger partial charge >= 0.3 is 0 Å². The molecular formula is C8H12N2O3. The lowest BCUT2D eigenvalue weighted by molar-refractivity contribution is 0.0676. The molecule has 0 unspecified atom stereocenters. The summed E-state index contributed by atoms with van der Waals surface area (Å²) in [6.45, 7) is 0.787. The maximum absolute atomic E-state index is 9.40. The van der Waals surface area contributed by atoms with Crippen LogP contribution in [0.4, 0.5) is 0 Å². The maximum Gasteiger partial charge on any atom is 0.211 e. The van der Waals surface area contributed by atoms with E-state index in [0.29, 0.717) is 19.1 Å². The normalized spacial score (nSPS) is 27.8. The first-order chi connectivity index (χ1) is 6.27. The van der Waals surface area contributed by atoms with Crippen LogP contribution in [0.1, 0.15) is 0 Å². The van der Waals surface area contributed by atoms with Crippen LogP contribution in [0.15, 0.2) is 12.3 Å². The van der Waals surface area contributed by atoms with Crippen LogP contribution in [-0.4, -0.2) is 40.3 Å². The van der Waals surface area contributed by atoms with Gasteiger partial charge in [0, 0.05) is 13.1 Å². The fraction of sp³-hybridized carbons (Fsp3) is 0.625. The molecule has 0 saturated carbocycles. The van der Waals surface area contributed by atoms with Crippen LogP contribution in [0.2, 0.25) is 0 Å². The molecular weight excluding hydrogens is 172 g/mol. The molecule has 2 heterocycles. The summed E-state index contributed by atoms with van der Waals surface area (Å²) in [5.74, 6) is 0.648. The van der Waals surface area contributed by atoms with Gasteiger partial charge in [-0.15, -0.1) is 0 Å². The summed E-state index contributed by atoms with van der Waals surface area (Å²) in [7, 11) is 1.79. The van der Waals surface area contributed by atoms with Gasteiger partial charge in [0.15, 0.2) is 6.10 Å². The SMILES string of the molecule is Cn1nccc1O[C@H]1COC[C@@H]1O. The van der Waals surface area contributed by atoms with Crippen molar-refractivity contribution in [2.75, 3.05) is 13.2 Å². The molecule has 0 bridgehead atoms. The highest BCUT2D eigenvalue weighted by atomic mass is 16.6. The molecule has 1 aromatic rings. The Hall–Kier alpha value is -1.07. The summed E-state index contributed by atoms with van der Waals surface area (Å²) in [6.07, 6.45) is 0.850. The molecule has 1 aliphatic heterocycles. The highest BCUT2D eigenvalue weighted by Crippen LogP contribution is 2.15. The van der Waals surface area contributed by atoms with Crippen LogP contribution in [0.5, 0.6) is 5.88 Å². The molecule has 0 aliphatic carbocycles. The number of aliphatic hydroxyl groups is 1. The Morgan fingerprint density at radius 1 is 1.69 bits per heavy atom. The van der Waals surface area contributed by atoms with E-state index >= 15 is 0 Å². The fourth-order valence-corrected chi connectivity index (χ4v) is 1.27. The highest BCUT2D eigenvalue weighted by Gasteiger charge is 2.28. The van der Waals surface area contributed by atoms with Crippen molar-refractivity contribution in [1.29, 1.82) is 0 Å². The second kappa shape index (κ2) is 3.35. The number of ether oxygens (including phenoxy) is 2. The average molecular weight is 184 g/mol. The van der Waals surface area contributed by atoms with Crippen LogP contribution >= 0.6 is 0 Å². The molecule has 1 saturated heterocycles. The number of aromatic nitrogens is 2. The zero-order chi connectivity index (χ0) is 9.26. The molecule has 1 aliphatic rings. The third-order valence-corrected chi connectivity index (χ3v) is 2.05. The van der Waals surface area contributed by atoms with Gasteiger partial charge in [0.2, 0.25) is 5.88 Å². The first-order valence-electron chi connectivity index (χ1n) is 4.18. The second-order valence-electron chi connectivity index (χ2n) is 3.05. The summed E-state index contributed by atoms with van der Waals surface area (Å²) >= 11 is 0. The van der Waals surface area contributed by atoms with Crippen LogP contribution in [0.3, 0.4) is 0 Å². The lowest BCUT2D eigenvalue weighted by Crippen LogP contribution is -2.30. The third-order valence-electron chi connectivity index (χ3n) is 2.05. The zero-order valence-corrected chi connectivity index (χ0v) is 7.38. The molecule has 1 aromatic heterocycles. The van der Waals surface area contributed by atoms with Gasteiger partial charge in [0.25, 0.3) is 0 Å². The van der Waals surface area contributed by atoms with Crippen molar-refractivity contribution in [2.24, 2.45) is 7.05 Å². The summed E-state index contributed by atoms with van der Waals surface area (Å²) < 4.78 is 12.2. The lowest BCUT2D eigenvalue weighted by atomic mass is 10.3. The summed E-state index contributed by atoms with van der Waals surface area (Å²) in [5, 5.41) is 13.4. The van der Waals surface area contributed by atoms with E-state index in [9.17, 15) is 5.11 Å². The molecule has 2 rings (SSSR count). The van der Waals surface area contributed by atoms with Crippen molar-refractivity contribution < 1.29 is 14.6 Å².